The molecule has 0 aromatic carbocycles. The first-order valence-corrected chi connectivity index (χ1v) is 1.62. The fourth-order valence-corrected chi connectivity index (χ4v) is 0. The van der Waals surface area contributed by atoms with Gasteiger partial charge in [-0.25, -0.2) is 0 Å². The fraction of sp³-hybridized carbons (Fsp3) is 0. The summed E-state index contributed by atoms with van der Waals surface area (Å²) in [4.78, 5) is 0. The zero-order chi connectivity index (χ0) is 4.00. The Hall–Kier alpha value is 2.64. The van der Waals surface area contributed by atoms with E-state index in [2.05, 4.69) is 0 Å². The first-order valence-electron chi connectivity index (χ1n) is 0.218. The van der Waals surface area contributed by atoms with Gasteiger partial charge in [0, 0.05) is 0 Å². The Morgan fingerprint density at radius 2 is 0.750 bits per heavy atom. The van der Waals surface area contributed by atoms with E-state index in [1.165, 1.54) is 89.6 Å². The third kappa shape index (κ3) is 8.82. The summed E-state index contributed by atoms with van der Waals surface area (Å²) in [6.45, 7) is 0. The topological polar surface area (TPSA) is 34.1 Å². The van der Waals surface area contributed by atoms with Crippen LogP contribution < -0.4 is 0 Å². The molecule has 0 saturated carbocycles. The van der Waals surface area contributed by atoms with Gasteiger partial charge in [0.2, 0.25) is 0 Å². The van der Waals surface area contributed by atoms with Crippen molar-refractivity contribution in [2.45, 2.75) is 0 Å². The average Bonchev–Trinajstić information content (AvgIpc) is 1.50. The first-order chi connectivity index (χ1) is 2.00. The van der Waals surface area contributed by atoms with Gasteiger partial charge in [-0.1, -0.05) is 0 Å². The van der Waals surface area contributed by atoms with Crippen LogP contribution >= 0.6 is 0 Å². The summed E-state index contributed by atoms with van der Waals surface area (Å²) in [6.07, 6.45) is 0. The van der Waals surface area contributed by atoms with Crippen LogP contribution in [-0.2, 0) is 0.576 Å². The van der Waals surface area contributed by atoms with Gasteiger partial charge >= 0.3 is 90.2 Å². The van der Waals surface area contributed by atoms with Crippen LogP contribution in [-0.4, -0.2) is 0 Å². The molecule has 4 heavy (non-hydrogen) atoms. The third-order valence-corrected chi connectivity index (χ3v) is 0. The van der Waals surface area contributed by atoms with E-state index >= 15 is 0 Å². The van der Waals surface area contributed by atoms with Crippen LogP contribution in [0.4, 0.5) is 0 Å². The molecule has 0 aliphatic heterocycles. The van der Waals surface area contributed by atoms with Gasteiger partial charge in [0.05, 0.1) is 0 Å². The second kappa shape index (κ2) is 17.4. The van der Waals surface area contributed by atoms with Crippen molar-refractivity contribution in [2.24, 2.45) is 0 Å². The monoisotopic (exact) mass is 380 g/mol. The first kappa shape index (κ1) is 9.81. The summed E-state index contributed by atoms with van der Waals surface area (Å²) in [5, 5.41) is 0. The van der Waals surface area contributed by atoms with Crippen molar-refractivity contribution >= 4 is 0 Å². The Morgan fingerprint density at radius 1 is 0.750 bits per heavy atom. The van der Waals surface area contributed by atoms with Crippen molar-refractivity contribution in [1.29, 1.82) is 0 Å². The van der Waals surface area contributed by atoms with E-state index in [1.54, 1.807) is 0 Å². The van der Waals surface area contributed by atoms with E-state index in [-0.39, 0.29) is 0 Å². The second-order valence-electron chi connectivity index (χ2n) is 0. The average molecular weight is 378 g/mol. The van der Waals surface area contributed by atoms with Crippen LogP contribution in [0, 0.1) is 89.6 Å². The molecule has 0 radical (unpaired) electrons. The summed E-state index contributed by atoms with van der Waals surface area (Å²) in [5.74, 6) is 0. The Balaban J connectivity index is 0. The maximum absolute atomic E-state index is 8.11. The summed E-state index contributed by atoms with van der Waals surface area (Å²) in [7, 11) is 0. The van der Waals surface area contributed by atoms with E-state index in [4.69, 9.17) is 0.576 Å². The molecule has 0 fully saturated rings. The number of rotatable bonds is 0. The molecule has 0 N–H and O–H groups in total. The van der Waals surface area contributed by atoms with Gasteiger partial charge in [-0.05, 0) is 0 Å². The minimum atomic E-state index is 1.44. The van der Waals surface area contributed by atoms with Crippen molar-refractivity contribution in [3.05, 3.63) is 0 Å². The Kier molecular flexibility index (Phi) is 42.7. The van der Waals surface area contributed by atoms with Gasteiger partial charge in [0.1, 0.15) is 0 Å². The van der Waals surface area contributed by atoms with Crippen LogP contribution in [0.15, 0.2) is 0 Å². The zero-order valence-electron chi connectivity index (χ0n) is 1.35. The zero-order valence-corrected chi connectivity index (χ0v) is 4.78. The van der Waals surface area contributed by atoms with Crippen LogP contribution in [0.3, 0.4) is 0 Å². The molecule has 0 bridgehead atoms. The SMILES string of the molecule is [O]=[Yb].[O]=[Yb]. The van der Waals surface area contributed by atoms with E-state index in [0.29, 0.717) is 0 Å². The molecule has 0 amide bonds. The van der Waals surface area contributed by atoms with E-state index in [9.17, 15) is 0 Å². The van der Waals surface area contributed by atoms with Crippen LogP contribution in [0.1, 0.15) is 0 Å². The molecule has 0 unspecified atom stereocenters. The molecule has 0 saturated heterocycles. The molecule has 2 nitrogen and oxygen atoms in total. The molecule has 0 aliphatic carbocycles. The molecular formula is O2Yb2. The Morgan fingerprint density at radius 3 is 0.750 bits per heavy atom. The fourth-order valence-electron chi connectivity index (χ4n) is 0. The number of hydrogen-bond donors (Lipinski definition) is 0. The molecule has 0 atom stereocenters. The van der Waals surface area contributed by atoms with E-state index in [1.807, 2.05) is 0 Å². The summed E-state index contributed by atoms with van der Waals surface area (Å²) in [5.41, 5.74) is 0. The summed E-state index contributed by atoms with van der Waals surface area (Å²) >= 11 is 2.89. The van der Waals surface area contributed by atoms with E-state index < -0.39 is 0 Å². The van der Waals surface area contributed by atoms with Crippen LogP contribution in [0.2, 0.25) is 0 Å². The molecule has 0 heterocycles. The molecule has 0 aromatic heterocycles. The van der Waals surface area contributed by atoms with E-state index in [0.717, 1.165) is 0 Å². The van der Waals surface area contributed by atoms with Crippen LogP contribution in [0.25, 0.3) is 0 Å². The van der Waals surface area contributed by atoms with Gasteiger partial charge in [-0.3, -0.25) is 0 Å². The molecule has 4 heteroatoms. The van der Waals surface area contributed by atoms with Crippen LogP contribution in [0.5, 0.6) is 0 Å². The molecule has 0 aromatic rings. The Labute approximate surface area is 87.2 Å². The molecular weight excluding hydrogens is 378 g/mol. The molecule has 0 aliphatic rings. The maximum atomic E-state index is 8.11. The van der Waals surface area contributed by atoms with Gasteiger partial charge in [-0.15, -0.1) is 0 Å². The third-order valence-electron chi connectivity index (χ3n) is 0. The predicted molar refractivity (Wildman–Crippen MR) is 1.37 cm³/mol. The standard InChI is InChI=1S/2O.2Yb. The Bertz CT molecular complexity index is 6.00. The molecule has 0 spiro atoms. The second-order valence-corrected chi connectivity index (χ2v) is 0. The predicted octanol–water partition coefficient (Wildman–Crippen LogP) is -0.238. The van der Waals surface area contributed by atoms with Crippen molar-refractivity contribution in [1.82, 2.24) is 0 Å². The van der Waals surface area contributed by atoms with Crippen molar-refractivity contribution < 1.29 is 90.2 Å². The van der Waals surface area contributed by atoms with Crippen molar-refractivity contribution in [2.75, 3.05) is 0 Å². The van der Waals surface area contributed by atoms with Gasteiger partial charge < -0.3 is 0 Å². The quantitative estimate of drug-likeness (QED) is 0.584. The van der Waals surface area contributed by atoms with Gasteiger partial charge in [0.25, 0.3) is 0 Å². The van der Waals surface area contributed by atoms with Crippen molar-refractivity contribution in [3.63, 3.8) is 0 Å². The number of hydrogen-bond acceptors (Lipinski definition) is 2. The molecule has 40 valence electrons. The summed E-state index contributed by atoms with van der Waals surface area (Å²) < 4.78 is 16.2. The summed E-state index contributed by atoms with van der Waals surface area (Å²) in [6, 6.07) is 0. The van der Waals surface area contributed by atoms with Gasteiger partial charge in [0.15, 0.2) is 0 Å². The minimum absolute atomic E-state index is 1.44. The normalized spacial score (nSPS) is 3.00. The molecule has 0 rings (SSSR count). The van der Waals surface area contributed by atoms with Crippen molar-refractivity contribution in [3.8, 4) is 0 Å². The van der Waals surface area contributed by atoms with Gasteiger partial charge in [-0.2, -0.15) is 0 Å².